The van der Waals surface area contributed by atoms with Crippen molar-refractivity contribution in [2.75, 3.05) is 38.5 Å². The molecule has 172 valence electrons. The molecule has 10 heteroatoms. The molecule has 6 rings (SSSR count). The molecule has 1 aromatic heterocycles. The van der Waals surface area contributed by atoms with Gasteiger partial charge in [-0.3, -0.25) is 0 Å². The summed E-state index contributed by atoms with van der Waals surface area (Å²) in [5, 5.41) is 4.60. The van der Waals surface area contributed by atoms with Gasteiger partial charge in [0.25, 0.3) is 0 Å². The molecule has 3 aromatic rings. The molecule has 2 saturated heterocycles. The number of rotatable bonds is 7. The van der Waals surface area contributed by atoms with Crippen molar-refractivity contribution >= 4 is 34.0 Å². The molecule has 0 aliphatic carbocycles. The van der Waals surface area contributed by atoms with Crippen LogP contribution in [0.4, 0.5) is 11.5 Å². The fourth-order valence-corrected chi connectivity index (χ4v) is 4.00. The Morgan fingerprint density at radius 3 is 2.82 bits per heavy atom. The van der Waals surface area contributed by atoms with Crippen molar-refractivity contribution in [2.24, 2.45) is 0 Å². The van der Waals surface area contributed by atoms with Crippen molar-refractivity contribution in [1.82, 2.24) is 9.97 Å². The van der Waals surface area contributed by atoms with Crippen molar-refractivity contribution in [3.63, 3.8) is 0 Å². The van der Waals surface area contributed by atoms with Crippen molar-refractivity contribution < 1.29 is 28.4 Å². The van der Waals surface area contributed by atoms with Gasteiger partial charge in [0.05, 0.1) is 30.4 Å². The number of halogens is 1. The van der Waals surface area contributed by atoms with Crippen molar-refractivity contribution in [3.05, 3.63) is 35.4 Å². The van der Waals surface area contributed by atoms with Gasteiger partial charge < -0.3 is 33.7 Å². The van der Waals surface area contributed by atoms with Crippen LogP contribution in [0.2, 0.25) is 5.02 Å². The second kappa shape index (κ2) is 8.74. The van der Waals surface area contributed by atoms with E-state index in [1.165, 1.54) is 0 Å². The fraction of sp³-hybridized carbons (Fsp3) is 0.391. The first-order chi connectivity index (χ1) is 16.2. The zero-order valence-corrected chi connectivity index (χ0v) is 18.5. The Bertz CT molecular complexity index is 1180. The maximum atomic E-state index is 6.49. The summed E-state index contributed by atoms with van der Waals surface area (Å²) in [6.45, 7) is 2.71. The van der Waals surface area contributed by atoms with Crippen LogP contribution in [0.25, 0.3) is 10.9 Å². The van der Waals surface area contributed by atoms with Crippen LogP contribution in [0.3, 0.4) is 0 Å². The van der Waals surface area contributed by atoms with E-state index in [-0.39, 0.29) is 25.0 Å². The largest absolute Gasteiger partial charge is 0.491 e. The lowest BCUT2D eigenvalue weighted by molar-refractivity contribution is 0.0219. The van der Waals surface area contributed by atoms with Crippen LogP contribution in [0, 0.1) is 0 Å². The lowest BCUT2D eigenvalue weighted by Gasteiger charge is -2.22. The van der Waals surface area contributed by atoms with Gasteiger partial charge in [0, 0.05) is 24.3 Å². The van der Waals surface area contributed by atoms with Gasteiger partial charge in [-0.15, -0.1) is 0 Å². The smallest absolute Gasteiger partial charge is 0.319 e. The molecule has 3 aliphatic heterocycles. The minimum absolute atomic E-state index is 0.00297. The molecule has 0 unspecified atom stereocenters. The number of anilines is 2. The highest BCUT2D eigenvalue weighted by Crippen LogP contribution is 2.45. The molecule has 0 bridgehead atoms. The Morgan fingerprint density at radius 1 is 1.09 bits per heavy atom. The molecule has 9 nitrogen and oxygen atoms in total. The monoisotopic (exact) mass is 471 g/mol. The quantitative estimate of drug-likeness (QED) is 0.511. The summed E-state index contributed by atoms with van der Waals surface area (Å²) in [6, 6.07) is 9.48. The van der Waals surface area contributed by atoms with E-state index < -0.39 is 0 Å². The summed E-state index contributed by atoms with van der Waals surface area (Å²) in [4.78, 5) is 9.33. The van der Waals surface area contributed by atoms with Crippen molar-refractivity contribution in [1.29, 1.82) is 0 Å². The Labute approximate surface area is 194 Å². The van der Waals surface area contributed by atoms with Crippen LogP contribution >= 0.6 is 11.6 Å². The molecule has 1 atom stereocenters. The number of nitrogens with zero attached hydrogens (tertiary/aromatic N) is 2. The van der Waals surface area contributed by atoms with Crippen LogP contribution < -0.4 is 24.3 Å². The summed E-state index contributed by atoms with van der Waals surface area (Å²) in [7, 11) is 0. The third kappa shape index (κ3) is 4.44. The summed E-state index contributed by atoms with van der Waals surface area (Å²) in [5.41, 5.74) is 1.26. The topological polar surface area (TPSA) is 96.5 Å². The van der Waals surface area contributed by atoms with Gasteiger partial charge in [-0.2, -0.15) is 9.97 Å². The summed E-state index contributed by atoms with van der Waals surface area (Å²) < 4.78 is 33.8. The highest BCUT2D eigenvalue weighted by molar-refractivity contribution is 6.34. The second-order valence-corrected chi connectivity index (χ2v) is 8.42. The number of benzene rings is 2. The molecule has 33 heavy (non-hydrogen) atoms. The number of hydrogen-bond donors (Lipinski definition) is 1. The first-order valence-corrected chi connectivity index (χ1v) is 11.3. The molecule has 2 fully saturated rings. The number of ether oxygens (including phenoxy) is 6. The number of hydrogen-bond acceptors (Lipinski definition) is 9. The zero-order valence-electron chi connectivity index (χ0n) is 17.7. The number of nitrogens with one attached hydrogen (secondary N) is 1. The SMILES string of the molecule is Clc1ccc2c(c1Nc1nc(OC3CCOCC3)nc3cc(OC[C@H]4CO4)ccc13)OCO2. The van der Waals surface area contributed by atoms with Gasteiger partial charge in [0.2, 0.25) is 6.79 Å². The Kier molecular flexibility index (Phi) is 5.45. The maximum Gasteiger partial charge on any atom is 0.319 e. The van der Waals surface area contributed by atoms with E-state index in [0.29, 0.717) is 59.1 Å². The molecular formula is C23H22ClN3O6. The average Bonchev–Trinajstić information content (AvgIpc) is 3.54. The molecule has 0 amide bonds. The standard InChI is InChI=1S/C23H22ClN3O6/c24-17-3-4-19-21(32-12-31-19)20(17)26-22-16-2-1-14(29-10-15-11-30-15)9-18(16)25-23(27-22)33-13-5-7-28-8-6-13/h1-4,9,13,15H,5-8,10-12H2,(H,25,26,27)/t15-/m0/s1. The van der Waals surface area contributed by atoms with E-state index in [9.17, 15) is 0 Å². The van der Waals surface area contributed by atoms with Gasteiger partial charge in [-0.05, 0) is 24.3 Å². The highest BCUT2D eigenvalue weighted by atomic mass is 35.5. The molecule has 1 N–H and O–H groups in total. The molecule has 2 aromatic carbocycles. The minimum atomic E-state index is -0.00297. The summed E-state index contributed by atoms with van der Waals surface area (Å²) >= 11 is 6.49. The van der Waals surface area contributed by atoms with Crippen LogP contribution in [0.15, 0.2) is 30.3 Å². The van der Waals surface area contributed by atoms with Crippen molar-refractivity contribution in [3.8, 4) is 23.3 Å². The highest BCUT2D eigenvalue weighted by Gasteiger charge is 2.25. The van der Waals surface area contributed by atoms with Gasteiger partial charge >= 0.3 is 6.01 Å². The van der Waals surface area contributed by atoms with Gasteiger partial charge in [-0.1, -0.05) is 11.6 Å². The van der Waals surface area contributed by atoms with Crippen LogP contribution in [-0.2, 0) is 9.47 Å². The van der Waals surface area contributed by atoms with E-state index in [2.05, 4.69) is 15.3 Å². The lowest BCUT2D eigenvalue weighted by atomic mass is 10.1. The summed E-state index contributed by atoms with van der Waals surface area (Å²) in [5.74, 6) is 2.42. The fourth-order valence-electron chi connectivity index (χ4n) is 3.81. The third-order valence-electron chi connectivity index (χ3n) is 5.66. The lowest BCUT2D eigenvalue weighted by Crippen LogP contribution is -2.26. The average molecular weight is 472 g/mol. The number of epoxide rings is 1. The molecular weight excluding hydrogens is 450 g/mol. The van der Waals surface area contributed by atoms with Crippen LogP contribution in [0.5, 0.6) is 23.3 Å². The minimum Gasteiger partial charge on any atom is -0.491 e. The second-order valence-electron chi connectivity index (χ2n) is 8.01. The Hall–Kier alpha value is -3.01. The zero-order chi connectivity index (χ0) is 22.2. The van der Waals surface area contributed by atoms with Crippen LogP contribution in [0.1, 0.15) is 12.8 Å². The number of aromatic nitrogens is 2. The Morgan fingerprint density at radius 2 is 1.97 bits per heavy atom. The summed E-state index contributed by atoms with van der Waals surface area (Å²) in [6.07, 6.45) is 1.74. The first kappa shape index (κ1) is 20.6. The molecule has 0 spiro atoms. The number of fused-ring (bicyclic) bond motifs is 2. The van der Waals surface area contributed by atoms with Gasteiger partial charge in [-0.25, -0.2) is 0 Å². The van der Waals surface area contributed by atoms with E-state index in [0.717, 1.165) is 24.8 Å². The molecule has 0 radical (unpaired) electrons. The molecule has 0 saturated carbocycles. The van der Waals surface area contributed by atoms with Crippen molar-refractivity contribution in [2.45, 2.75) is 25.0 Å². The first-order valence-electron chi connectivity index (χ1n) is 10.9. The van der Waals surface area contributed by atoms with Crippen LogP contribution in [-0.4, -0.2) is 55.4 Å². The van der Waals surface area contributed by atoms with Gasteiger partial charge in [0.15, 0.2) is 11.5 Å². The van der Waals surface area contributed by atoms with E-state index in [4.69, 9.17) is 40.0 Å². The predicted molar refractivity (Wildman–Crippen MR) is 120 cm³/mol. The van der Waals surface area contributed by atoms with E-state index >= 15 is 0 Å². The molecule has 3 aliphatic rings. The molecule has 4 heterocycles. The Balaban J connectivity index is 1.37. The van der Waals surface area contributed by atoms with Gasteiger partial charge in [0.1, 0.15) is 36.1 Å². The van der Waals surface area contributed by atoms with E-state index in [1.54, 1.807) is 12.1 Å². The third-order valence-corrected chi connectivity index (χ3v) is 5.97. The van der Waals surface area contributed by atoms with E-state index in [1.807, 2.05) is 18.2 Å². The maximum absolute atomic E-state index is 6.49. The predicted octanol–water partition coefficient (Wildman–Crippen LogP) is 4.09. The normalized spacial score (nSPS) is 19.5.